The molecule has 0 saturated heterocycles. The van der Waals surface area contributed by atoms with Crippen molar-refractivity contribution >= 4 is 5.78 Å². The van der Waals surface area contributed by atoms with E-state index in [1.54, 1.807) is 13.0 Å². The Labute approximate surface area is 113 Å². The predicted octanol–water partition coefficient (Wildman–Crippen LogP) is 2.47. The topological polar surface area (TPSA) is 66.8 Å². The molecule has 0 spiro atoms. The minimum Gasteiger partial charge on any atom is -0.507 e. The molecule has 0 fully saturated rings. The van der Waals surface area contributed by atoms with E-state index in [-0.39, 0.29) is 28.9 Å². The molecule has 104 valence electrons. The Bertz CT molecular complexity index is 521. The lowest BCUT2D eigenvalue weighted by Crippen LogP contribution is -2.31. The first kappa shape index (κ1) is 13.9. The van der Waals surface area contributed by atoms with Crippen LogP contribution in [0, 0.1) is 11.8 Å². The van der Waals surface area contributed by atoms with E-state index in [2.05, 4.69) is 0 Å². The Balaban J connectivity index is 2.74. The Morgan fingerprint density at radius 1 is 1.37 bits per heavy atom. The maximum Gasteiger partial charge on any atom is 0.170 e. The molecule has 3 unspecified atom stereocenters. The van der Waals surface area contributed by atoms with Gasteiger partial charge in [-0.3, -0.25) is 4.79 Å². The summed E-state index contributed by atoms with van der Waals surface area (Å²) in [6, 6.07) is 1.68. The molecule has 1 aliphatic rings. The fraction of sp³-hybridized carbons (Fsp3) is 0.533. The van der Waals surface area contributed by atoms with E-state index in [4.69, 9.17) is 4.74 Å². The highest BCUT2D eigenvalue weighted by atomic mass is 16.5. The van der Waals surface area contributed by atoms with Crippen molar-refractivity contribution in [3.8, 4) is 11.5 Å². The summed E-state index contributed by atoms with van der Waals surface area (Å²) >= 11 is 0. The van der Waals surface area contributed by atoms with Gasteiger partial charge >= 0.3 is 0 Å². The number of carbonyl (C=O) groups excluding carboxylic acids is 1. The molecule has 0 aromatic heterocycles. The van der Waals surface area contributed by atoms with Crippen molar-refractivity contribution in [2.75, 3.05) is 7.11 Å². The Morgan fingerprint density at radius 3 is 2.53 bits per heavy atom. The maximum atomic E-state index is 12.3. The molecule has 4 nitrogen and oxygen atoms in total. The lowest BCUT2D eigenvalue weighted by molar-refractivity contribution is 0.0562. The number of ketones is 1. The van der Waals surface area contributed by atoms with Crippen LogP contribution in [0.4, 0.5) is 0 Å². The van der Waals surface area contributed by atoms with Gasteiger partial charge in [0, 0.05) is 11.5 Å². The van der Waals surface area contributed by atoms with Crippen LogP contribution >= 0.6 is 0 Å². The number of carbonyl (C=O) groups is 1. The van der Waals surface area contributed by atoms with Crippen LogP contribution in [0.25, 0.3) is 0 Å². The van der Waals surface area contributed by atoms with Crippen molar-refractivity contribution in [2.45, 2.75) is 33.3 Å². The minimum absolute atomic E-state index is 0.0420. The average molecular weight is 264 g/mol. The summed E-state index contributed by atoms with van der Waals surface area (Å²) in [5.41, 5.74) is 1.35. The number of hydrogen-bond donors (Lipinski definition) is 2. The third-order valence-corrected chi connectivity index (χ3v) is 4.23. The number of Topliss-reactive ketones (excluding diaryl/α,β-unsaturated/α-hetero) is 1. The first-order valence-electron chi connectivity index (χ1n) is 6.59. The van der Waals surface area contributed by atoms with E-state index in [9.17, 15) is 15.0 Å². The number of rotatable bonds is 2. The minimum atomic E-state index is -0.756. The molecule has 0 saturated carbocycles. The van der Waals surface area contributed by atoms with Gasteiger partial charge in [-0.25, -0.2) is 0 Å². The third-order valence-electron chi connectivity index (χ3n) is 4.23. The molecule has 1 aliphatic carbocycles. The highest BCUT2D eigenvalue weighted by Gasteiger charge is 2.39. The van der Waals surface area contributed by atoms with E-state index in [0.29, 0.717) is 23.3 Å². The number of methoxy groups -OCH3 is 1. The molecule has 0 amide bonds. The number of phenolic OH excluding ortho intramolecular Hbond substituents is 1. The highest BCUT2D eigenvalue weighted by Crippen LogP contribution is 2.45. The van der Waals surface area contributed by atoms with Gasteiger partial charge in [-0.15, -0.1) is 0 Å². The second-order valence-corrected chi connectivity index (χ2v) is 5.18. The van der Waals surface area contributed by atoms with Gasteiger partial charge in [-0.1, -0.05) is 20.8 Å². The van der Waals surface area contributed by atoms with Crippen LogP contribution in [0.5, 0.6) is 11.5 Å². The molecular weight excluding hydrogens is 244 g/mol. The number of aliphatic hydroxyl groups is 1. The van der Waals surface area contributed by atoms with Crippen molar-refractivity contribution in [3.05, 3.63) is 22.8 Å². The summed E-state index contributed by atoms with van der Waals surface area (Å²) in [6.45, 7) is 5.52. The Morgan fingerprint density at radius 2 is 2.00 bits per heavy atom. The number of hydrogen-bond acceptors (Lipinski definition) is 4. The number of aromatic hydroxyl groups is 1. The van der Waals surface area contributed by atoms with Crippen molar-refractivity contribution in [2.24, 2.45) is 11.8 Å². The summed E-state index contributed by atoms with van der Waals surface area (Å²) < 4.78 is 5.25. The molecule has 2 N–H and O–H groups in total. The zero-order valence-corrected chi connectivity index (χ0v) is 11.7. The van der Waals surface area contributed by atoms with E-state index < -0.39 is 6.10 Å². The van der Waals surface area contributed by atoms with Crippen LogP contribution in [0.2, 0.25) is 0 Å². The first-order valence-corrected chi connectivity index (χ1v) is 6.59. The van der Waals surface area contributed by atoms with Crippen LogP contribution in [0.3, 0.4) is 0 Å². The Kier molecular flexibility index (Phi) is 3.54. The SMILES string of the molecule is CCc1c(OC)cc2c(c1O)C(=O)C(C)C(C)C2O. The van der Waals surface area contributed by atoms with Crippen LogP contribution < -0.4 is 4.74 Å². The van der Waals surface area contributed by atoms with Gasteiger partial charge < -0.3 is 14.9 Å². The fourth-order valence-corrected chi connectivity index (χ4v) is 2.74. The van der Waals surface area contributed by atoms with E-state index in [1.165, 1.54) is 7.11 Å². The van der Waals surface area contributed by atoms with Gasteiger partial charge in [0.1, 0.15) is 11.5 Å². The summed E-state index contributed by atoms with van der Waals surface area (Å²) in [5, 5.41) is 20.6. The second-order valence-electron chi connectivity index (χ2n) is 5.18. The normalized spacial score (nSPS) is 26.2. The lowest BCUT2D eigenvalue weighted by Gasteiger charge is -2.33. The standard InChI is InChI=1S/C15H20O4/c1-5-9-11(19-4)6-10-12(15(9)18)14(17)8(3)7(2)13(10)16/h6-8,13,16,18H,5H2,1-4H3. The van der Waals surface area contributed by atoms with E-state index in [1.807, 2.05) is 13.8 Å². The predicted molar refractivity (Wildman–Crippen MR) is 71.7 cm³/mol. The van der Waals surface area contributed by atoms with Gasteiger partial charge in [0.25, 0.3) is 0 Å². The van der Waals surface area contributed by atoms with Crippen LogP contribution in [-0.2, 0) is 6.42 Å². The molecule has 4 heteroatoms. The molecule has 19 heavy (non-hydrogen) atoms. The largest absolute Gasteiger partial charge is 0.507 e. The summed E-state index contributed by atoms with van der Waals surface area (Å²) in [6.07, 6.45) is -0.191. The third kappa shape index (κ3) is 1.91. The smallest absolute Gasteiger partial charge is 0.170 e. The molecular formula is C15H20O4. The lowest BCUT2D eigenvalue weighted by atomic mass is 9.74. The maximum absolute atomic E-state index is 12.3. The molecule has 2 rings (SSSR count). The van der Waals surface area contributed by atoms with E-state index in [0.717, 1.165) is 0 Å². The average Bonchev–Trinajstić information content (AvgIpc) is 2.41. The van der Waals surface area contributed by atoms with Gasteiger partial charge in [-0.05, 0) is 24.0 Å². The number of benzene rings is 1. The van der Waals surface area contributed by atoms with Gasteiger partial charge in [-0.2, -0.15) is 0 Å². The summed E-state index contributed by atoms with van der Waals surface area (Å²) in [5.74, 6) is -0.0993. The van der Waals surface area contributed by atoms with Gasteiger partial charge in [0.05, 0.1) is 18.8 Å². The van der Waals surface area contributed by atoms with E-state index >= 15 is 0 Å². The quantitative estimate of drug-likeness (QED) is 0.861. The van der Waals surface area contributed by atoms with Crippen LogP contribution in [0.1, 0.15) is 48.4 Å². The molecule has 0 aliphatic heterocycles. The zero-order chi connectivity index (χ0) is 14.3. The molecule has 3 atom stereocenters. The van der Waals surface area contributed by atoms with Gasteiger partial charge in [0.15, 0.2) is 5.78 Å². The molecule has 0 bridgehead atoms. The number of fused-ring (bicyclic) bond motifs is 1. The second kappa shape index (κ2) is 4.85. The first-order chi connectivity index (χ1) is 8.93. The van der Waals surface area contributed by atoms with Crippen molar-refractivity contribution in [3.63, 3.8) is 0 Å². The van der Waals surface area contributed by atoms with Crippen molar-refractivity contribution < 1.29 is 19.7 Å². The summed E-state index contributed by atoms with van der Waals surface area (Å²) in [4.78, 5) is 12.3. The Hall–Kier alpha value is -1.55. The molecule has 0 radical (unpaired) electrons. The number of ether oxygens (including phenoxy) is 1. The van der Waals surface area contributed by atoms with Crippen LogP contribution in [-0.4, -0.2) is 23.1 Å². The van der Waals surface area contributed by atoms with Crippen LogP contribution in [0.15, 0.2) is 6.07 Å². The zero-order valence-electron chi connectivity index (χ0n) is 11.7. The molecule has 0 heterocycles. The van der Waals surface area contributed by atoms with Gasteiger partial charge in [0.2, 0.25) is 0 Å². The number of aliphatic hydroxyl groups excluding tert-OH is 1. The summed E-state index contributed by atoms with van der Waals surface area (Å²) in [7, 11) is 1.52. The number of phenols is 1. The fourth-order valence-electron chi connectivity index (χ4n) is 2.74. The molecule has 1 aromatic carbocycles. The highest BCUT2D eigenvalue weighted by molar-refractivity contribution is 6.03. The molecule has 1 aromatic rings. The van der Waals surface area contributed by atoms with Crippen molar-refractivity contribution in [1.82, 2.24) is 0 Å². The van der Waals surface area contributed by atoms with Crippen molar-refractivity contribution in [1.29, 1.82) is 0 Å². The monoisotopic (exact) mass is 264 g/mol.